The molecule has 3 rings (SSSR count). The molecule has 1 N–H and O–H groups in total. The molecule has 0 aliphatic heterocycles. The molecule has 0 aliphatic rings. The number of aryl methyl sites for hydroxylation is 2. The van der Waals surface area contributed by atoms with E-state index in [0.717, 1.165) is 29.1 Å². The van der Waals surface area contributed by atoms with Crippen LogP contribution in [0.1, 0.15) is 46.2 Å². The standard InChI is InChI=1S/C19H20F2N4O3/c1-10(18-11(2)23-25(4)12(18)3)22-19(26)17-8-14(28-24-17)9-27-13-5-6-15(20)16(21)7-13/h5-8,10H,9H2,1-4H3,(H,22,26)/t10-/m1/s1. The Morgan fingerprint density at radius 3 is 2.68 bits per heavy atom. The van der Waals surface area contributed by atoms with Crippen molar-refractivity contribution in [2.45, 2.75) is 33.4 Å². The van der Waals surface area contributed by atoms with E-state index in [-0.39, 0.29) is 29.9 Å². The SMILES string of the molecule is Cc1nn(C)c(C)c1[C@@H](C)NC(=O)c1cc(COc2ccc(F)c(F)c2)on1. The van der Waals surface area contributed by atoms with E-state index in [1.165, 1.54) is 12.1 Å². The molecule has 28 heavy (non-hydrogen) atoms. The van der Waals surface area contributed by atoms with Crippen LogP contribution in [0.5, 0.6) is 5.75 Å². The van der Waals surface area contributed by atoms with Crippen LogP contribution in [0.15, 0.2) is 28.8 Å². The molecule has 1 amide bonds. The van der Waals surface area contributed by atoms with Crippen molar-refractivity contribution in [3.8, 4) is 5.75 Å². The maximum atomic E-state index is 13.2. The van der Waals surface area contributed by atoms with Gasteiger partial charge in [0.2, 0.25) is 0 Å². The van der Waals surface area contributed by atoms with Gasteiger partial charge in [-0.25, -0.2) is 8.78 Å². The van der Waals surface area contributed by atoms with Crippen LogP contribution in [-0.2, 0) is 13.7 Å². The second kappa shape index (κ2) is 7.79. The molecule has 9 heteroatoms. The first-order valence-electron chi connectivity index (χ1n) is 8.60. The largest absolute Gasteiger partial charge is 0.485 e. The Balaban J connectivity index is 1.62. The molecule has 0 saturated heterocycles. The average molecular weight is 390 g/mol. The molecule has 2 aromatic heterocycles. The van der Waals surface area contributed by atoms with Gasteiger partial charge in [0.15, 0.2) is 23.1 Å². The number of rotatable bonds is 6. The van der Waals surface area contributed by atoms with Gasteiger partial charge in [0.05, 0.1) is 11.7 Å². The number of ether oxygens (including phenoxy) is 1. The van der Waals surface area contributed by atoms with Gasteiger partial charge in [-0.2, -0.15) is 5.10 Å². The predicted octanol–water partition coefficient (Wildman–Crippen LogP) is 3.37. The van der Waals surface area contributed by atoms with Crippen molar-refractivity contribution in [2.75, 3.05) is 0 Å². The third kappa shape index (κ3) is 4.03. The maximum Gasteiger partial charge on any atom is 0.273 e. The number of hydrogen-bond donors (Lipinski definition) is 1. The summed E-state index contributed by atoms with van der Waals surface area (Å²) in [7, 11) is 1.84. The van der Waals surface area contributed by atoms with Gasteiger partial charge < -0.3 is 14.6 Å². The highest BCUT2D eigenvalue weighted by Gasteiger charge is 2.21. The van der Waals surface area contributed by atoms with Crippen LogP contribution >= 0.6 is 0 Å². The Kier molecular flexibility index (Phi) is 5.43. The molecule has 1 aromatic carbocycles. The molecule has 0 radical (unpaired) electrons. The van der Waals surface area contributed by atoms with Crippen LogP contribution in [0.3, 0.4) is 0 Å². The average Bonchev–Trinajstić information content (AvgIpc) is 3.21. The number of benzene rings is 1. The Morgan fingerprint density at radius 1 is 1.29 bits per heavy atom. The Bertz CT molecular complexity index is 1010. The zero-order valence-corrected chi connectivity index (χ0v) is 15.9. The minimum atomic E-state index is -1.01. The van der Waals surface area contributed by atoms with Crippen molar-refractivity contribution in [3.63, 3.8) is 0 Å². The fraction of sp³-hybridized carbons (Fsp3) is 0.316. The fourth-order valence-electron chi connectivity index (χ4n) is 2.97. The lowest BCUT2D eigenvalue weighted by Gasteiger charge is -2.13. The number of carbonyl (C=O) groups is 1. The quantitative estimate of drug-likeness (QED) is 0.698. The van der Waals surface area contributed by atoms with Gasteiger partial charge in [-0.05, 0) is 32.9 Å². The molecule has 3 aromatic rings. The molecule has 1 atom stereocenters. The molecular formula is C19H20F2N4O3. The number of hydrogen-bond acceptors (Lipinski definition) is 5. The van der Waals surface area contributed by atoms with Gasteiger partial charge in [0.1, 0.15) is 12.4 Å². The first-order valence-corrected chi connectivity index (χ1v) is 8.60. The number of aromatic nitrogens is 3. The number of nitrogens with one attached hydrogen (secondary N) is 1. The van der Waals surface area contributed by atoms with E-state index in [0.29, 0.717) is 0 Å². The molecular weight excluding hydrogens is 370 g/mol. The van der Waals surface area contributed by atoms with E-state index in [9.17, 15) is 13.6 Å². The van der Waals surface area contributed by atoms with Crippen LogP contribution in [0.4, 0.5) is 8.78 Å². The van der Waals surface area contributed by atoms with Gasteiger partial charge in [0, 0.05) is 30.4 Å². The second-order valence-corrected chi connectivity index (χ2v) is 6.45. The smallest absolute Gasteiger partial charge is 0.273 e. The van der Waals surface area contributed by atoms with Crippen LogP contribution in [0, 0.1) is 25.5 Å². The van der Waals surface area contributed by atoms with Gasteiger partial charge in [-0.3, -0.25) is 9.48 Å². The molecule has 0 bridgehead atoms. The van der Waals surface area contributed by atoms with Crippen molar-refractivity contribution >= 4 is 5.91 Å². The lowest BCUT2D eigenvalue weighted by molar-refractivity contribution is 0.0930. The van der Waals surface area contributed by atoms with Crippen molar-refractivity contribution in [2.24, 2.45) is 7.05 Å². The maximum absolute atomic E-state index is 13.2. The Labute approximate surface area is 160 Å². The first kappa shape index (κ1) is 19.5. The molecule has 0 saturated carbocycles. The van der Waals surface area contributed by atoms with Crippen molar-refractivity contribution < 1.29 is 22.8 Å². The topological polar surface area (TPSA) is 82.2 Å². The number of amides is 1. The van der Waals surface area contributed by atoms with Crippen molar-refractivity contribution in [3.05, 3.63) is 64.3 Å². The number of carbonyl (C=O) groups excluding carboxylic acids is 1. The monoisotopic (exact) mass is 390 g/mol. The summed E-state index contributed by atoms with van der Waals surface area (Å²) in [5, 5.41) is 10.9. The molecule has 0 fully saturated rings. The Morgan fingerprint density at radius 2 is 2.04 bits per heavy atom. The second-order valence-electron chi connectivity index (χ2n) is 6.45. The minimum absolute atomic E-state index is 0.0816. The summed E-state index contributed by atoms with van der Waals surface area (Å²) < 4.78 is 38.3. The molecule has 148 valence electrons. The zero-order chi connectivity index (χ0) is 20.4. The van der Waals surface area contributed by atoms with Gasteiger partial charge >= 0.3 is 0 Å². The van der Waals surface area contributed by atoms with E-state index in [1.807, 2.05) is 27.8 Å². The molecule has 7 nitrogen and oxygen atoms in total. The number of halogens is 2. The molecule has 2 heterocycles. The van der Waals surface area contributed by atoms with Crippen LogP contribution < -0.4 is 10.1 Å². The van der Waals surface area contributed by atoms with E-state index in [2.05, 4.69) is 15.6 Å². The Hall–Kier alpha value is -3.23. The first-order chi connectivity index (χ1) is 13.3. The van der Waals surface area contributed by atoms with E-state index >= 15 is 0 Å². The lowest BCUT2D eigenvalue weighted by atomic mass is 10.1. The normalized spacial score (nSPS) is 12.1. The van der Waals surface area contributed by atoms with Gasteiger partial charge in [-0.15, -0.1) is 0 Å². The van der Waals surface area contributed by atoms with E-state index < -0.39 is 17.5 Å². The highest BCUT2D eigenvalue weighted by atomic mass is 19.2. The van der Waals surface area contributed by atoms with Crippen molar-refractivity contribution in [1.29, 1.82) is 0 Å². The third-order valence-corrected chi connectivity index (χ3v) is 4.41. The van der Waals surface area contributed by atoms with Crippen molar-refractivity contribution in [1.82, 2.24) is 20.3 Å². The predicted molar refractivity (Wildman–Crippen MR) is 95.8 cm³/mol. The lowest BCUT2D eigenvalue weighted by Crippen LogP contribution is -2.27. The minimum Gasteiger partial charge on any atom is -0.485 e. The summed E-state index contributed by atoms with van der Waals surface area (Å²) in [4.78, 5) is 12.4. The highest BCUT2D eigenvalue weighted by molar-refractivity contribution is 5.92. The number of nitrogens with zero attached hydrogens (tertiary/aromatic N) is 3. The van der Waals surface area contributed by atoms with Gasteiger partial charge in [-0.1, -0.05) is 5.16 Å². The molecule has 0 unspecified atom stereocenters. The zero-order valence-electron chi connectivity index (χ0n) is 15.9. The summed E-state index contributed by atoms with van der Waals surface area (Å²) in [5.74, 6) is -1.96. The van der Waals surface area contributed by atoms with E-state index in [4.69, 9.17) is 9.26 Å². The van der Waals surface area contributed by atoms with Crippen LogP contribution in [0.2, 0.25) is 0 Å². The molecule has 0 spiro atoms. The summed E-state index contributed by atoms with van der Waals surface area (Å²) >= 11 is 0. The highest BCUT2D eigenvalue weighted by Crippen LogP contribution is 2.21. The fourth-order valence-corrected chi connectivity index (χ4v) is 2.97. The van der Waals surface area contributed by atoms with Crippen LogP contribution in [-0.4, -0.2) is 20.8 Å². The van der Waals surface area contributed by atoms with Gasteiger partial charge in [0.25, 0.3) is 5.91 Å². The molecule has 0 aliphatic carbocycles. The summed E-state index contributed by atoms with van der Waals surface area (Å²) in [5.41, 5.74) is 2.84. The van der Waals surface area contributed by atoms with Crippen LogP contribution in [0.25, 0.3) is 0 Å². The summed E-state index contributed by atoms with van der Waals surface area (Å²) in [6, 6.07) is 4.36. The summed E-state index contributed by atoms with van der Waals surface area (Å²) in [6.07, 6.45) is 0. The third-order valence-electron chi connectivity index (χ3n) is 4.41. The summed E-state index contributed by atoms with van der Waals surface area (Å²) in [6.45, 7) is 5.60. The van der Waals surface area contributed by atoms with E-state index in [1.54, 1.807) is 4.68 Å².